The number of hydrogen-bond acceptors (Lipinski definition) is 4. The van der Waals surface area contributed by atoms with Crippen molar-refractivity contribution in [2.75, 3.05) is 23.8 Å². The predicted molar refractivity (Wildman–Crippen MR) is 87.9 cm³/mol. The average Bonchev–Trinajstić information content (AvgIpc) is 3.27. The number of rotatable bonds is 4. The fraction of sp³-hybridized carbons (Fsp3) is 0.353. The predicted octanol–water partition coefficient (Wildman–Crippen LogP) is 1.67. The molecule has 0 spiro atoms. The molecule has 24 heavy (non-hydrogen) atoms. The number of benzene rings is 1. The van der Waals surface area contributed by atoms with Crippen LogP contribution in [0.2, 0.25) is 0 Å². The van der Waals surface area contributed by atoms with Crippen molar-refractivity contribution in [1.82, 2.24) is 9.78 Å². The Kier molecular flexibility index (Phi) is 3.78. The summed E-state index contributed by atoms with van der Waals surface area (Å²) in [5, 5.41) is 9.95. The van der Waals surface area contributed by atoms with Gasteiger partial charge >= 0.3 is 0 Å². The highest BCUT2D eigenvalue weighted by molar-refractivity contribution is 6.09. The van der Waals surface area contributed by atoms with Gasteiger partial charge in [0.1, 0.15) is 0 Å². The zero-order valence-corrected chi connectivity index (χ0v) is 13.1. The van der Waals surface area contributed by atoms with Gasteiger partial charge in [-0.05, 0) is 24.1 Å². The summed E-state index contributed by atoms with van der Waals surface area (Å²) in [6.45, 7) is 2.36. The molecule has 1 atom stereocenters. The molecule has 2 N–H and O–H groups in total. The molecule has 1 aromatic heterocycles. The van der Waals surface area contributed by atoms with Crippen LogP contribution in [0, 0.1) is 5.92 Å². The lowest BCUT2D eigenvalue weighted by Gasteiger charge is -2.08. The summed E-state index contributed by atoms with van der Waals surface area (Å²) >= 11 is 0. The van der Waals surface area contributed by atoms with Gasteiger partial charge in [0.25, 0.3) is 5.91 Å². The number of nitrogens with one attached hydrogen (secondary N) is 2. The van der Waals surface area contributed by atoms with Crippen LogP contribution in [-0.2, 0) is 22.5 Å². The van der Waals surface area contributed by atoms with Crippen LogP contribution in [0.3, 0.4) is 0 Å². The third kappa shape index (κ3) is 2.90. The fourth-order valence-corrected chi connectivity index (χ4v) is 3.17. The molecule has 1 fully saturated rings. The number of carbonyl (C=O) groups is 2. The first-order valence-electron chi connectivity index (χ1n) is 8.03. The van der Waals surface area contributed by atoms with E-state index in [1.807, 2.05) is 10.9 Å². The standard InChI is InChI=1S/C17H18N4O3/c22-16-8-13-12(2-1-3-14(13)18-16)17(23)19-15-4-6-21(20-15)9-11-5-7-24-10-11/h1-4,6,11H,5,7-10H2,(H,18,22)(H,19,20,23)/t11-/m1/s1. The van der Waals surface area contributed by atoms with E-state index in [-0.39, 0.29) is 18.2 Å². The highest BCUT2D eigenvalue weighted by Crippen LogP contribution is 2.26. The summed E-state index contributed by atoms with van der Waals surface area (Å²) in [7, 11) is 0. The van der Waals surface area contributed by atoms with Crippen molar-refractivity contribution in [1.29, 1.82) is 0 Å². The summed E-state index contributed by atoms with van der Waals surface area (Å²) in [6, 6.07) is 7.06. The fourth-order valence-electron chi connectivity index (χ4n) is 3.17. The van der Waals surface area contributed by atoms with Crippen LogP contribution < -0.4 is 10.6 Å². The van der Waals surface area contributed by atoms with Crippen LogP contribution in [0.4, 0.5) is 11.5 Å². The van der Waals surface area contributed by atoms with E-state index < -0.39 is 0 Å². The van der Waals surface area contributed by atoms with E-state index >= 15 is 0 Å². The third-order valence-electron chi connectivity index (χ3n) is 4.38. The molecule has 124 valence electrons. The molecule has 7 nitrogen and oxygen atoms in total. The Morgan fingerprint density at radius 3 is 3.17 bits per heavy atom. The minimum absolute atomic E-state index is 0.0895. The monoisotopic (exact) mass is 326 g/mol. The van der Waals surface area contributed by atoms with Crippen LogP contribution >= 0.6 is 0 Å². The smallest absolute Gasteiger partial charge is 0.257 e. The second kappa shape index (κ2) is 6.09. The number of nitrogens with zero attached hydrogens (tertiary/aromatic N) is 2. The first-order valence-corrected chi connectivity index (χ1v) is 8.03. The molecule has 0 unspecified atom stereocenters. The summed E-state index contributed by atoms with van der Waals surface area (Å²) in [4.78, 5) is 24.0. The van der Waals surface area contributed by atoms with Crippen molar-refractivity contribution in [3.63, 3.8) is 0 Å². The van der Waals surface area contributed by atoms with Gasteiger partial charge in [-0.1, -0.05) is 6.07 Å². The molecule has 0 aliphatic carbocycles. The lowest BCUT2D eigenvalue weighted by atomic mass is 10.0. The lowest BCUT2D eigenvalue weighted by Crippen LogP contribution is -2.15. The number of fused-ring (bicyclic) bond motifs is 1. The average molecular weight is 326 g/mol. The van der Waals surface area contributed by atoms with Crippen molar-refractivity contribution < 1.29 is 14.3 Å². The maximum absolute atomic E-state index is 12.5. The van der Waals surface area contributed by atoms with Gasteiger partial charge in [0.05, 0.1) is 13.0 Å². The van der Waals surface area contributed by atoms with Crippen LogP contribution in [0.1, 0.15) is 22.3 Å². The van der Waals surface area contributed by atoms with Gasteiger partial charge in [0.2, 0.25) is 5.91 Å². The van der Waals surface area contributed by atoms with Crippen molar-refractivity contribution in [3.8, 4) is 0 Å². The largest absolute Gasteiger partial charge is 0.381 e. The molecular formula is C17H18N4O3. The molecule has 3 heterocycles. The van der Waals surface area contributed by atoms with E-state index in [9.17, 15) is 9.59 Å². The highest BCUT2D eigenvalue weighted by Gasteiger charge is 2.24. The Morgan fingerprint density at radius 2 is 2.33 bits per heavy atom. The SMILES string of the molecule is O=C1Cc2c(cccc2C(=O)Nc2ccn(C[C@H]3CCOC3)n2)N1. The number of anilines is 2. The molecule has 2 aliphatic rings. The second-order valence-electron chi connectivity index (χ2n) is 6.16. The van der Waals surface area contributed by atoms with Gasteiger partial charge in [0.15, 0.2) is 5.82 Å². The number of aromatic nitrogens is 2. The number of ether oxygens (including phenoxy) is 1. The summed E-state index contributed by atoms with van der Waals surface area (Å²) in [5.74, 6) is 0.642. The molecule has 1 aromatic carbocycles. The van der Waals surface area contributed by atoms with E-state index in [0.29, 0.717) is 23.0 Å². The van der Waals surface area contributed by atoms with Crippen molar-refractivity contribution in [2.24, 2.45) is 5.92 Å². The van der Waals surface area contributed by atoms with Crippen molar-refractivity contribution in [2.45, 2.75) is 19.4 Å². The molecular weight excluding hydrogens is 308 g/mol. The molecule has 2 aromatic rings. The normalized spacial score (nSPS) is 19.2. The van der Waals surface area contributed by atoms with Gasteiger partial charge < -0.3 is 15.4 Å². The topological polar surface area (TPSA) is 85.2 Å². The second-order valence-corrected chi connectivity index (χ2v) is 6.16. The lowest BCUT2D eigenvalue weighted by molar-refractivity contribution is -0.115. The molecule has 7 heteroatoms. The Labute approximate surface area is 139 Å². The third-order valence-corrected chi connectivity index (χ3v) is 4.38. The molecule has 0 radical (unpaired) electrons. The van der Waals surface area contributed by atoms with E-state index in [1.54, 1.807) is 24.3 Å². The van der Waals surface area contributed by atoms with Crippen LogP contribution in [0.25, 0.3) is 0 Å². The summed E-state index contributed by atoms with van der Waals surface area (Å²) < 4.78 is 7.19. The van der Waals surface area contributed by atoms with E-state index in [2.05, 4.69) is 15.7 Å². The van der Waals surface area contributed by atoms with Crippen LogP contribution in [-0.4, -0.2) is 34.8 Å². The Morgan fingerprint density at radius 1 is 1.42 bits per heavy atom. The van der Waals surface area contributed by atoms with Crippen LogP contribution in [0.5, 0.6) is 0 Å². The molecule has 4 rings (SSSR count). The Balaban J connectivity index is 1.46. The minimum Gasteiger partial charge on any atom is -0.381 e. The number of amides is 2. The maximum atomic E-state index is 12.5. The van der Waals surface area contributed by atoms with Crippen molar-refractivity contribution in [3.05, 3.63) is 41.6 Å². The van der Waals surface area contributed by atoms with Gasteiger partial charge in [0, 0.05) is 42.6 Å². The number of hydrogen-bond donors (Lipinski definition) is 2. The maximum Gasteiger partial charge on any atom is 0.257 e. The van der Waals surface area contributed by atoms with Gasteiger partial charge in [-0.2, -0.15) is 5.10 Å². The molecule has 2 amide bonds. The zero-order valence-electron chi connectivity index (χ0n) is 13.1. The molecule has 0 saturated carbocycles. The highest BCUT2D eigenvalue weighted by atomic mass is 16.5. The Bertz CT molecular complexity index is 793. The van der Waals surface area contributed by atoms with Gasteiger partial charge in [-0.3, -0.25) is 14.3 Å². The minimum atomic E-state index is -0.252. The van der Waals surface area contributed by atoms with E-state index in [1.165, 1.54) is 0 Å². The zero-order chi connectivity index (χ0) is 16.5. The quantitative estimate of drug-likeness (QED) is 0.895. The first-order chi connectivity index (χ1) is 11.7. The molecule has 0 bridgehead atoms. The van der Waals surface area contributed by atoms with E-state index in [4.69, 9.17) is 4.74 Å². The molecule has 2 aliphatic heterocycles. The number of carbonyl (C=O) groups excluding carboxylic acids is 2. The van der Waals surface area contributed by atoms with Gasteiger partial charge in [-0.25, -0.2) is 0 Å². The summed E-state index contributed by atoms with van der Waals surface area (Å²) in [6.07, 6.45) is 3.13. The Hall–Kier alpha value is -2.67. The summed E-state index contributed by atoms with van der Waals surface area (Å²) in [5.41, 5.74) is 1.95. The van der Waals surface area contributed by atoms with Crippen molar-refractivity contribution >= 4 is 23.3 Å². The van der Waals surface area contributed by atoms with E-state index in [0.717, 1.165) is 31.7 Å². The first kappa shape index (κ1) is 14.9. The molecule has 1 saturated heterocycles. The van der Waals surface area contributed by atoms with Crippen LogP contribution in [0.15, 0.2) is 30.5 Å². The van der Waals surface area contributed by atoms with Gasteiger partial charge in [-0.15, -0.1) is 0 Å².